The van der Waals surface area contributed by atoms with Crippen LogP contribution in [0.1, 0.15) is 16.1 Å². The maximum absolute atomic E-state index is 12.2. The Labute approximate surface area is 116 Å². The molecule has 1 heterocycles. The molecule has 0 saturated heterocycles. The normalized spacial score (nSPS) is 9.95. The smallest absolute Gasteiger partial charge is 0.259 e. The lowest BCUT2D eigenvalue weighted by Gasteiger charge is -2.10. The van der Waals surface area contributed by atoms with Gasteiger partial charge in [0.05, 0.1) is 18.4 Å². The van der Waals surface area contributed by atoms with Crippen molar-refractivity contribution in [3.05, 3.63) is 47.8 Å². The lowest BCUT2D eigenvalue weighted by Crippen LogP contribution is -2.18. The highest BCUT2D eigenvalue weighted by Crippen LogP contribution is 2.20. The fraction of sp³-hybridized carbons (Fsp3) is 0.143. The van der Waals surface area contributed by atoms with Gasteiger partial charge in [0.15, 0.2) is 0 Å². The molecule has 6 nitrogen and oxygen atoms in total. The second-order valence-electron chi connectivity index (χ2n) is 4.20. The fourth-order valence-electron chi connectivity index (χ4n) is 1.76. The number of ether oxygens (including phenoxy) is 1. The molecule has 0 aliphatic carbocycles. The third-order valence-electron chi connectivity index (χ3n) is 2.77. The summed E-state index contributed by atoms with van der Waals surface area (Å²) in [6, 6.07) is 8.81. The molecule has 0 atom stereocenters. The summed E-state index contributed by atoms with van der Waals surface area (Å²) < 4.78 is 5.11. The molecule has 1 aromatic heterocycles. The van der Waals surface area contributed by atoms with Crippen LogP contribution in [0.3, 0.4) is 0 Å². The van der Waals surface area contributed by atoms with Crippen LogP contribution in [0.15, 0.2) is 36.5 Å². The summed E-state index contributed by atoms with van der Waals surface area (Å²) in [7, 11) is 1.57. The molecule has 0 unspecified atom stereocenters. The molecule has 104 valence electrons. The van der Waals surface area contributed by atoms with Crippen molar-refractivity contribution in [3.8, 4) is 5.75 Å². The van der Waals surface area contributed by atoms with Crippen LogP contribution in [-0.2, 0) is 0 Å². The highest BCUT2D eigenvalue weighted by molar-refractivity contribution is 6.07. The Morgan fingerprint density at radius 1 is 1.35 bits per heavy atom. The highest BCUT2D eigenvalue weighted by atomic mass is 16.5. The fourth-order valence-corrected chi connectivity index (χ4v) is 1.76. The van der Waals surface area contributed by atoms with E-state index in [1.807, 2.05) is 6.92 Å². The number of amides is 1. The molecule has 20 heavy (non-hydrogen) atoms. The number of nitrogens with two attached hydrogens (primary N) is 1. The van der Waals surface area contributed by atoms with Crippen molar-refractivity contribution in [2.45, 2.75) is 6.92 Å². The summed E-state index contributed by atoms with van der Waals surface area (Å²) in [4.78, 5) is 16.3. The number of anilines is 2. The van der Waals surface area contributed by atoms with Crippen LogP contribution in [-0.4, -0.2) is 18.0 Å². The number of nitrogen functional groups attached to an aromatic ring is 1. The Bertz CT molecular complexity index is 628. The van der Waals surface area contributed by atoms with Gasteiger partial charge in [0.25, 0.3) is 5.91 Å². The van der Waals surface area contributed by atoms with E-state index in [9.17, 15) is 4.79 Å². The van der Waals surface area contributed by atoms with Gasteiger partial charge in [0.1, 0.15) is 5.75 Å². The summed E-state index contributed by atoms with van der Waals surface area (Å²) in [5.74, 6) is 5.79. The molecule has 1 amide bonds. The molecule has 0 radical (unpaired) electrons. The second kappa shape index (κ2) is 6.03. The maximum atomic E-state index is 12.2. The zero-order valence-corrected chi connectivity index (χ0v) is 11.3. The van der Waals surface area contributed by atoms with Gasteiger partial charge in [-0.25, -0.2) is 0 Å². The monoisotopic (exact) mass is 272 g/mol. The second-order valence-corrected chi connectivity index (χ2v) is 4.20. The average molecular weight is 272 g/mol. The van der Waals surface area contributed by atoms with Crippen molar-refractivity contribution in [2.24, 2.45) is 5.84 Å². The van der Waals surface area contributed by atoms with Gasteiger partial charge in [-0.3, -0.25) is 15.6 Å². The number of hydrogen-bond donors (Lipinski definition) is 3. The molecule has 0 spiro atoms. The van der Waals surface area contributed by atoms with E-state index in [1.165, 1.54) is 6.20 Å². The first-order valence-corrected chi connectivity index (χ1v) is 6.02. The van der Waals surface area contributed by atoms with Crippen molar-refractivity contribution in [2.75, 3.05) is 17.9 Å². The van der Waals surface area contributed by atoms with E-state index in [1.54, 1.807) is 37.4 Å². The van der Waals surface area contributed by atoms with E-state index >= 15 is 0 Å². The third kappa shape index (κ3) is 3.04. The Morgan fingerprint density at radius 3 is 2.85 bits per heavy atom. The first kappa shape index (κ1) is 13.8. The lowest BCUT2D eigenvalue weighted by atomic mass is 10.2. The minimum absolute atomic E-state index is 0.293. The molecule has 0 fully saturated rings. The van der Waals surface area contributed by atoms with Crippen LogP contribution >= 0.6 is 0 Å². The number of hydrazine groups is 1. The third-order valence-corrected chi connectivity index (χ3v) is 2.77. The minimum Gasteiger partial charge on any atom is -0.497 e. The quantitative estimate of drug-likeness (QED) is 0.584. The van der Waals surface area contributed by atoms with Crippen LogP contribution < -0.4 is 21.3 Å². The van der Waals surface area contributed by atoms with Gasteiger partial charge in [0.2, 0.25) is 0 Å². The summed E-state index contributed by atoms with van der Waals surface area (Å²) in [5.41, 5.74) is 4.81. The van der Waals surface area contributed by atoms with E-state index in [2.05, 4.69) is 15.7 Å². The Balaban J connectivity index is 2.23. The first-order valence-electron chi connectivity index (χ1n) is 6.02. The van der Waals surface area contributed by atoms with Crippen molar-refractivity contribution >= 4 is 17.3 Å². The van der Waals surface area contributed by atoms with Gasteiger partial charge in [-0.1, -0.05) is 6.07 Å². The van der Waals surface area contributed by atoms with E-state index < -0.39 is 0 Å². The molecule has 2 aromatic rings. The topological polar surface area (TPSA) is 89.3 Å². The number of nitrogens with zero attached hydrogens (tertiary/aromatic N) is 1. The summed E-state index contributed by atoms with van der Waals surface area (Å²) >= 11 is 0. The minimum atomic E-state index is -0.293. The Morgan fingerprint density at radius 2 is 2.15 bits per heavy atom. The number of methoxy groups -OCH3 is 1. The summed E-state index contributed by atoms with van der Waals surface area (Å²) in [6.07, 6.45) is 1.49. The van der Waals surface area contributed by atoms with Crippen LogP contribution in [0.5, 0.6) is 5.75 Å². The standard InChI is InChI=1S/C14H16N4O2/c1-9-6-13(18-15)12(8-16-9)14(19)17-10-4-3-5-11(7-10)20-2/h3-8H,15H2,1-2H3,(H,16,18)(H,17,19). The SMILES string of the molecule is COc1cccc(NC(=O)c2cnc(C)cc2NN)c1. The number of pyridine rings is 1. The van der Waals surface area contributed by atoms with Crippen LogP contribution in [0, 0.1) is 6.92 Å². The molecule has 2 rings (SSSR count). The number of rotatable bonds is 4. The number of carbonyl (C=O) groups is 1. The van der Waals surface area contributed by atoms with Gasteiger partial charge in [-0.15, -0.1) is 0 Å². The largest absolute Gasteiger partial charge is 0.497 e. The van der Waals surface area contributed by atoms with E-state index in [4.69, 9.17) is 10.6 Å². The van der Waals surface area contributed by atoms with Gasteiger partial charge in [-0.05, 0) is 25.1 Å². The molecule has 1 aromatic carbocycles. The molecule has 4 N–H and O–H groups in total. The van der Waals surface area contributed by atoms with Crippen molar-refractivity contribution in [3.63, 3.8) is 0 Å². The first-order chi connectivity index (χ1) is 9.63. The van der Waals surface area contributed by atoms with Gasteiger partial charge in [0, 0.05) is 23.6 Å². The van der Waals surface area contributed by atoms with Crippen molar-refractivity contribution in [1.82, 2.24) is 4.98 Å². The molecular formula is C14H16N4O2. The molecule has 0 bridgehead atoms. The van der Waals surface area contributed by atoms with E-state index in [-0.39, 0.29) is 5.91 Å². The molecule has 6 heteroatoms. The Hall–Kier alpha value is -2.60. The number of benzene rings is 1. The van der Waals surface area contributed by atoms with Gasteiger partial charge < -0.3 is 15.5 Å². The average Bonchev–Trinajstić information content (AvgIpc) is 2.47. The number of nitrogens with one attached hydrogen (secondary N) is 2. The lowest BCUT2D eigenvalue weighted by molar-refractivity contribution is 0.102. The highest BCUT2D eigenvalue weighted by Gasteiger charge is 2.12. The number of carbonyl (C=O) groups excluding carboxylic acids is 1. The number of aryl methyl sites for hydroxylation is 1. The van der Waals surface area contributed by atoms with Crippen LogP contribution in [0.2, 0.25) is 0 Å². The van der Waals surface area contributed by atoms with Crippen LogP contribution in [0.25, 0.3) is 0 Å². The number of aromatic nitrogens is 1. The maximum Gasteiger partial charge on any atom is 0.259 e. The van der Waals surface area contributed by atoms with Crippen molar-refractivity contribution < 1.29 is 9.53 Å². The zero-order chi connectivity index (χ0) is 14.5. The predicted octanol–water partition coefficient (Wildman–Crippen LogP) is 1.94. The summed E-state index contributed by atoms with van der Waals surface area (Å²) in [6.45, 7) is 1.82. The van der Waals surface area contributed by atoms with Gasteiger partial charge >= 0.3 is 0 Å². The molecular weight excluding hydrogens is 256 g/mol. The molecule has 0 saturated carbocycles. The van der Waals surface area contributed by atoms with E-state index in [0.29, 0.717) is 22.7 Å². The predicted molar refractivity (Wildman–Crippen MR) is 77.7 cm³/mol. The van der Waals surface area contributed by atoms with Gasteiger partial charge in [-0.2, -0.15) is 0 Å². The molecule has 0 aliphatic heterocycles. The zero-order valence-electron chi connectivity index (χ0n) is 11.3. The van der Waals surface area contributed by atoms with E-state index in [0.717, 1.165) is 5.69 Å². The number of hydrogen-bond acceptors (Lipinski definition) is 5. The van der Waals surface area contributed by atoms with Crippen molar-refractivity contribution in [1.29, 1.82) is 0 Å². The molecule has 0 aliphatic rings. The Kier molecular flexibility index (Phi) is 4.17. The summed E-state index contributed by atoms with van der Waals surface area (Å²) in [5, 5.41) is 2.77. The van der Waals surface area contributed by atoms with Crippen LogP contribution in [0.4, 0.5) is 11.4 Å².